The fourth-order valence-corrected chi connectivity index (χ4v) is 3.92. The second-order valence-electron chi connectivity index (χ2n) is 6.84. The maximum atomic E-state index is 13.5. The molecule has 0 aliphatic carbocycles. The van der Waals surface area contributed by atoms with Crippen LogP contribution in [0.4, 0.5) is 11.4 Å². The van der Waals surface area contributed by atoms with Gasteiger partial charge in [-0.05, 0) is 30.2 Å². The van der Waals surface area contributed by atoms with Gasteiger partial charge < -0.3 is 14.2 Å². The summed E-state index contributed by atoms with van der Waals surface area (Å²) in [5.74, 6) is 1.64. The summed E-state index contributed by atoms with van der Waals surface area (Å²) >= 11 is 0. The Hall–Kier alpha value is -3.47. The predicted molar refractivity (Wildman–Crippen MR) is 113 cm³/mol. The third-order valence-corrected chi connectivity index (χ3v) is 5.31. The van der Waals surface area contributed by atoms with E-state index in [9.17, 15) is 4.79 Å². The molecule has 5 nitrogen and oxygen atoms in total. The smallest absolute Gasteiger partial charge is 0.239 e. The van der Waals surface area contributed by atoms with Gasteiger partial charge in [0.25, 0.3) is 0 Å². The number of carbonyl (C=O) groups excluding carboxylic acids is 1. The summed E-state index contributed by atoms with van der Waals surface area (Å²) in [6.07, 6.45) is 0.468. The molecule has 5 heteroatoms. The van der Waals surface area contributed by atoms with Crippen LogP contribution in [0.15, 0.2) is 66.7 Å². The Balaban J connectivity index is 1.78. The Morgan fingerprint density at radius 3 is 2.07 bits per heavy atom. The van der Waals surface area contributed by atoms with Crippen LogP contribution in [0.5, 0.6) is 17.2 Å². The first-order chi connectivity index (χ1) is 14.2. The second-order valence-corrected chi connectivity index (χ2v) is 6.84. The monoisotopic (exact) mass is 389 g/mol. The molecule has 0 bridgehead atoms. The molecule has 4 rings (SSSR count). The van der Waals surface area contributed by atoms with Crippen molar-refractivity contribution in [3.8, 4) is 17.2 Å². The van der Waals surface area contributed by atoms with E-state index in [0.717, 1.165) is 22.5 Å². The molecule has 0 spiro atoms. The molecular weight excluding hydrogens is 366 g/mol. The number of nitrogens with zero attached hydrogens (tertiary/aromatic N) is 1. The van der Waals surface area contributed by atoms with Crippen LogP contribution in [0.2, 0.25) is 0 Å². The Kier molecular flexibility index (Phi) is 5.12. The average molecular weight is 389 g/mol. The van der Waals surface area contributed by atoms with E-state index in [0.29, 0.717) is 23.7 Å². The van der Waals surface area contributed by atoms with Crippen LogP contribution in [0.1, 0.15) is 17.0 Å². The molecule has 1 amide bonds. The van der Waals surface area contributed by atoms with Crippen LogP contribution in [0.3, 0.4) is 0 Å². The highest BCUT2D eigenvalue weighted by Crippen LogP contribution is 2.45. The van der Waals surface area contributed by atoms with Crippen molar-refractivity contribution >= 4 is 17.3 Å². The zero-order valence-corrected chi connectivity index (χ0v) is 16.7. The molecule has 29 heavy (non-hydrogen) atoms. The zero-order valence-electron chi connectivity index (χ0n) is 16.7. The van der Waals surface area contributed by atoms with Crippen molar-refractivity contribution in [3.05, 3.63) is 77.9 Å². The van der Waals surface area contributed by atoms with Crippen LogP contribution in [0.25, 0.3) is 0 Å². The number of fused-ring (bicyclic) bond motifs is 1. The van der Waals surface area contributed by atoms with Crippen molar-refractivity contribution in [3.63, 3.8) is 0 Å². The van der Waals surface area contributed by atoms with Crippen molar-refractivity contribution in [2.45, 2.75) is 12.3 Å². The van der Waals surface area contributed by atoms with Gasteiger partial charge in [-0.15, -0.1) is 0 Å². The summed E-state index contributed by atoms with van der Waals surface area (Å²) in [5.41, 5.74) is 3.63. The SMILES string of the molecule is COc1cc(OC)c(C[C@@H]2C(=O)N(c3ccccc3)c3ccccc32)c(OC)c1. The standard InChI is InChI=1S/C24H23NO4/c1-27-17-13-22(28-2)20(23(14-17)29-3)15-19-18-11-7-8-12-21(18)25(24(19)26)16-9-5-4-6-10-16/h4-14,19H,15H2,1-3H3/t19-/m0/s1. The molecule has 1 aliphatic rings. The predicted octanol–water partition coefficient (Wildman–Crippen LogP) is 4.72. The van der Waals surface area contributed by atoms with Gasteiger partial charge in [-0.25, -0.2) is 0 Å². The molecule has 3 aromatic carbocycles. The van der Waals surface area contributed by atoms with E-state index in [1.807, 2.05) is 66.7 Å². The molecule has 0 aromatic heterocycles. The minimum atomic E-state index is -0.331. The third kappa shape index (κ3) is 3.29. The summed E-state index contributed by atoms with van der Waals surface area (Å²) in [7, 11) is 4.82. The number of anilines is 2. The lowest BCUT2D eigenvalue weighted by molar-refractivity contribution is -0.118. The molecule has 3 aromatic rings. The maximum absolute atomic E-state index is 13.5. The quantitative estimate of drug-likeness (QED) is 0.612. The van der Waals surface area contributed by atoms with E-state index >= 15 is 0 Å². The van der Waals surface area contributed by atoms with Crippen molar-refractivity contribution in [1.82, 2.24) is 0 Å². The highest BCUT2D eigenvalue weighted by Gasteiger charge is 2.38. The molecule has 0 fully saturated rings. The average Bonchev–Trinajstić information content (AvgIpc) is 3.05. The van der Waals surface area contributed by atoms with Crippen molar-refractivity contribution in [1.29, 1.82) is 0 Å². The Morgan fingerprint density at radius 2 is 1.45 bits per heavy atom. The topological polar surface area (TPSA) is 48.0 Å². The van der Waals surface area contributed by atoms with Crippen LogP contribution < -0.4 is 19.1 Å². The highest BCUT2D eigenvalue weighted by atomic mass is 16.5. The van der Waals surface area contributed by atoms with Crippen molar-refractivity contribution < 1.29 is 19.0 Å². The van der Waals surface area contributed by atoms with Gasteiger partial charge in [0.15, 0.2) is 0 Å². The zero-order chi connectivity index (χ0) is 20.4. The molecule has 1 heterocycles. The molecule has 0 unspecified atom stereocenters. The van der Waals surface area contributed by atoms with E-state index in [1.54, 1.807) is 26.2 Å². The summed E-state index contributed by atoms with van der Waals surface area (Å²) in [4.78, 5) is 15.3. The number of hydrogen-bond acceptors (Lipinski definition) is 4. The fraction of sp³-hybridized carbons (Fsp3) is 0.208. The van der Waals surface area contributed by atoms with Crippen molar-refractivity contribution in [2.24, 2.45) is 0 Å². The lowest BCUT2D eigenvalue weighted by Crippen LogP contribution is -2.25. The first kappa shape index (κ1) is 18.9. The summed E-state index contributed by atoms with van der Waals surface area (Å²) < 4.78 is 16.5. The second kappa shape index (κ2) is 7.87. The molecular formula is C24H23NO4. The van der Waals surface area contributed by atoms with E-state index < -0.39 is 0 Å². The molecule has 0 N–H and O–H groups in total. The Morgan fingerprint density at radius 1 is 0.828 bits per heavy atom. The number of ether oxygens (including phenoxy) is 3. The highest BCUT2D eigenvalue weighted by molar-refractivity contribution is 6.10. The van der Waals surface area contributed by atoms with Gasteiger partial charge in [-0.2, -0.15) is 0 Å². The molecule has 1 aliphatic heterocycles. The van der Waals surface area contributed by atoms with Gasteiger partial charge in [-0.1, -0.05) is 36.4 Å². The molecule has 0 saturated heterocycles. The third-order valence-electron chi connectivity index (χ3n) is 5.31. The van der Waals surface area contributed by atoms with Crippen LogP contribution >= 0.6 is 0 Å². The van der Waals surface area contributed by atoms with E-state index in [-0.39, 0.29) is 11.8 Å². The van der Waals surface area contributed by atoms with E-state index in [4.69, 9.17) is 14.2 Å². The Bertz CT molecular complexity index is 1010. The van der Waals surface area contributed by atoms with Crippen LogP contribution in [-0.2, 0) is 11.2 Å². The van der Waals surface area contributed by atoms with Gasteiger partial charge >= 0.3 is 0 Å². The molecule has 0 saturated carbocycles. The van der Waals surface area contributed by atoms with Gasteiger partial charge in [0.1, 0.15) is 17.2 Å². The molecule has 148 valence electrons. The first-order valence-electron chi connectivity index (χ1n) is 9.44. The van der Waals surface area contributed by atoms with Gasteiger partial charge in [0.2, 0.25) is 5.91 Å². The number of benzene rings is 3. The fourth-order valence-electron chi connectivity index (χ4n) is 3.92. The number of rotatable bonds is 6. The number of amides is 1. The largest absolute Gasteiger partial charge is 0.496 e. The number of para-hydroxylation sites is 2. The summed E-state index contributed by atoms with van der Waals surface area (Å²) in [6.45, 7) is 0. The summed E-state index contributed by atoms with van der Waals surface area (Å²) in [5, 5.41) is 0. The van der Waals surface area contributed by atoms with Gasteiger partial charge in [-0.3, -0.25) is 9.69 Å². The number of hydrogen-bond donors (Lipinski definition) is 0. The maximum Gasteiger partial charge on any atom is 0.239 e. The van der Waals surface area contributed by atoms with Gasteiger partial charge in [0.05, 0.1) is 32.9 Å². The normalized spacial score (nSPS) is 15.2. The van der Waals surface area contributed by atoms with Crippen LogP contribution in [0, 0.1) is 0 Å². The lowest BCUT2D eigenvalue weighted by Gasteiger charge is -2.19. The summed E-state index contributed by atoms with van der Waals surface area (Å²) in [6, 6.07) is 21.3. The molecule has 0 radical (unpaired) electrons. The minimum absolute atomic E-state index is 0.0392. The van der Waals surface area contributed by atoms with E-state index in [1.165, 1.54) is 0 Å². The van der Waals surface area contributed by atoms with Crippen molar-refractivity contribution in [2.75, 3.05) is 26.2 Å². The van der Waals surface area contributed by atoms with Gasteiger partial charge in [0, 0.05) is 23.4 Å². The number of carbonyl (C=O) groups is 1. The van der Waals surface area contributed by atoms with E-state index in [2.05, 4.69) is 0 Å². The Labute approximate surface area is 170 Å². The van der Waals surface area contributed by atoms with Crippen LogP contribution in [-0.4, -0.2) is 27.2 Å². The number of methoxy groups -OCH3 is 3. The first-order valence-corrected chi connectivity index (χ1v) is 9.44. The lowest BCUT2D eigenvalue weighted by atomic mass is 9.92. The minimum Gasteiger partial charge on any atom is -0.496 e. The molecule has 1 atom stereocenters.